The SMILES string of the molecule is NC(=O)CC(N)N1C(=O)C=CC1=O. The van der Waals surface area contributed by atoms with E-state index in [4.69, 9.17) is 11.5 Å². The largest absolute Gasteiger partial charge is 0.370 e. The van der Waals surface area contributed by atoms with E-state index in [9.17, 15) is 14.4 Å². The Balaban J connectivity index is 2.67. The topological polar surface area (TPSA) is 106 Å². The van der Waals surface area contributed by atoms with Crippen molar-refractivity contribution in [3.8, 4) is 0 Å². The molecule has 0 saturated carbocycles. The zero-order chi connectivity index (χ0) is 10.0. The summed E-state index contributed by atoms with van der Waals surface area (Å²) < 4.78 is 0. The highest BCUT2D eigenvalue weighted by molar-refractivity contribution is 6.13. The summed E-state index contributed by atoms with van der Waals surface area (Å²) in [6.07, 6.45) is 1.01. The number of carbonyl (C=O) groups is 3. The summed E-state index contributed by atoms with van der Waals surface area (Å²) in [6.45, 7) is 0. The highest BCUT2D eigenvalue weighted by Crippen LogP contribution is 2.07. The average Bonchev–Trinajstić information content (AvgIpc) is 2.29. The normalized spacial score (nSPS) is 18.1. The molecule has 1 unspecified atom stereocenters. The Labute approximate surface area is 74.2 Å². The number of nitrogens with zero attached hydrogens (tertiary/aromatic N) is 1. The Bertz CT molecular complexity index is 279. The molecule has 0 fully saturated rings. The zero-order valence-corrected chi connectivity index (χ0v) is 6.77. The molecule has 1 rings (SSSR count). The standard InChI is InChI=1S/C7H9N3O3/c8-4(3-5(9)11)10-6(12)1-2-7(10)13/h1-2,4H,3,8H2,(H2,9,11). The highest BCUT2D eigenvalue weighted by Gasteiger charge is 2.29. The predicted octanol–water partition coefficient (Wildman–Crippen LogP) is -1.93. The van der Waals surface area contributed by atoms with Crippen LogP contribution in [0.3, 0.4) is 0 Å². The van der Waals surface area contributed by atoms with Crippen LogP contribution >= 0.6 is 0 Å². The Morgan fingerprint density at radius 2 is 1.85 bits per heavy atom. The lowest BCUT2D eigenvalue weighted by atomic mass is 10.3. The van der Waals surface area contributed by atoms with Crippen LogP contribution < -0.4 is 11.5 Å². The Morgan fingerprint density at radius 1 is 1.38 bits per heavy atom. The second kappa shape index (κ2) is 3.36. The minimum atomic E-state index is -0.965. The molecule has 13 heavy (non-hydrogen) atoms. The number of amides is 3. The van der Waals surface area contributed by atoms with Gasteiger partial charge in [-0.3, -0.25) is 19.3 Å². The fourth-order valence-corrected chi connectivity index (χ4v) is 1.04. The summed E-state index contributed by atoms with van der Waals surface area (Å²) in [5.41, 5.74) is 10.3. The van der Waals surface area contributed by atoms with Gasteiger partial charge in [0.25, 0.3) is 11.8 Å². The lowest BCUT2D eigenvalue weighted by molar-refractivity contribution is -0.139. The van der Waals surface area contributed by atoms with E-state index in [2.05, 4.69) is 0 Å². The molecule has 4 N–H and O–H groups in total. The molecule has 0 aromatic rings. The number of hydrogen-bond acceptors (Lipinski definition) is 4. The first-order valence-corrected chi connectivity index (χ1v) is 3.61. The molecule has 0 radical (unpaired) electrons. The van der Waals surface area contributed by atoms with Gasteiger partial charge in [-0.25, -0.2) is 0 Å². The van der Waals surface area contributed by atoms with Crippen molar-refractivity contribution in [1.29, 1.82) is 0 Å². The minimum absolute atomic E-state index is 0.223. The van der Waals surface area contributed by atoms with Crippen LogP contribution in [0.5, 0.6) is 0 Å². The Morgan fingerprint density at radius 3 is 2.23 bits per heavy atom. The summed E-state index contributed by atoms with van der Waals surface area (Å²) in [7, 11) is 0. The number of primary amides is 1. The molecule has 3 amide bonds. The van der Waals surface area contributed by atoms with Gasteiger partial charge in [0.2, 0.25) is 5.91 Å². The van der Waals surface area contributed by atoms with Gasteiger partial charge in [0, 0.05) is 12.2 Å². The minimum Gasteiger partial charge on any atom is -0.370 e. The maximum absolute atomic E-state index is 11.0. The predicted molar refractivity (Wildman–Crippen MR) is 42.8 cm³/mol. The first-order valence-electron chi connectivity index (χ1n) is 3.61. The molecule has 70 valence electrons. The van der Waals surface area contributed by atoms with E-state index in [1.165, 1.54) is 0 Å². The molecule has 0 spiro atoms. The molecule has 0 aliphatic carbocycles. The third-order valence-corrected chi connectivity index (χ3v) is 1.59. The van der Waals surface area contributed by atoms with Gasteiger partial charge in [0.1, 0.15) is 0 Å². The molecule has 1 atom stereocenters. The lowest BCUT2D eigenvalue weighted by Crippen LogP contribution is -2.47. The van der Waals surface area contributed by atoms with E-state index < -0.39 is 23.9 Å². The molecule has 0 saturated heterocycles. The molecule has 0 aromatic heterocycles. The van der Waals surface area contributed by atoms with Gasteiger partial charge in [0.15, 0.2) is 0 Å². The number of nitrogens with two attached hydrogens (primary N) is 2. The van der Waals surface area contributed by atoms with Gasteiger partial charge in [-0.05, 0) is 0 Å². The molecule has 6 heteroatoms. The molecule has 6 nitrogen and oxygen atoms in total. The van der Waals surface area contributed by atoms with Gasteiger partial charge in [0.05, 0.1) is 12.6 Å². The lowest BCUT2D eigenvalue weighted by Gasteiger charge is -2.20. The second-order valence-electron chi connectivity index (χ2n) is 2.62. The second-order valence-corrected chi connectivity index (χ2v) is 2.62. The van der Waals surface area contributed by atoms with E-state index in [1.807, 2.05) is 0 Å². The quantitative estimate of drug-likeness (QED) is 0.497. The van der Waals surface area contributed by atoms with E-state index >= 15 is 0 Å². The number of rotatable bonds is 3. The zero-order valence-electron chi connectivity index (χ0n) is 6.77. The molecular formula is C7H9N3O3. The van der Waals surface area contributed by atoms with Crippen LogP contribution in [0.25, 0.3) is 0 Å². The number of carbonyl (C=O) groups excluding carboxylic acids is 3. The summed E-state index contributed by atoms with van der Waals surface area (Å²) in [4.78, 5) is 33.2. The Kier molecular flexibility index (Phi) is 2.43. The Hall–Kier alpha value is -1.69. The van der Waals surface area contributed by atoms with Crippen molar-refractivity contribution in [2.45, 2.75) is 12.6 Å². The van der Waals surface area contributed by atoms with Crippen molar-refractivity contribution in [3.05, 3.63) is 12.2 Å². The molecule has 1 aliphatic rings. The maximum Gasteiger partial charge on any atom is 0.254 e. The summed E-state index contributed by atoms with van der Waals surface area (Å²) in [5, 5.41) is 0. The summed E-state index contributed by atoms with van der Waals surface area (Å²) in [6, 6.07) is 0. The molecule has 0 bridgehead atoms. The third-order valence-electron chi connectivity index (χ3n) is 1.59. The van der Waals surface area contributed by atoms with E-state index in [-0.39, 0.29) is 6.42 Å². The van der Waals surface area contributed by atoms with E-state index in [1.54, 1.807) is 0 Å². The van der Waals surface area contributed by atoms with Crippen LogP contribution in [-0.4, -0.2) is 28.8 Å². The van der Waals surface area contributed by atoms with Crippen molar-refractivity contribution in [3.63, 3.8) is 0 Å². The fraction of sp³-hybridized carbons (Fsp3) is 0.286. The number of imide groups is 1. The van der Waals surface area contributed by atoms with Gasteiger partial charge in [-0.15, -0.1) is 0 Å². The van der Waals surface area contributed by atoms with Crippen LogP contribution in [-0.2, 0) is 14.4 Å². The first-order chi connectivity index (χ1) is 6.02. The van der Waals surface area contributed by atoms with Gasteiger partial charge in [-0.2, -0.15) is 0 Å². The van der Waals surface area contributed by atoms with E-state index in [0.29, 0.717) is 0 Å². The van der Waals surface area contributed by atoms with Crippen molar-refractivity contribution in [1.82, 2.24) is 4.90 Å². The van der Waals surface area contributed by atoms with Gasteiger partial charge >= 0.3 is 0 Å². The number of hydrogen-bond donors (Lipinski definition) is 2. The van der Waals surface area contributed by atoms with Crippen molar-refractivity contribution in [2.75, 3.05) is 0 Å². The smallest absolute Gasteiger partial charge is 0.254 e. The van der Waals surface area contributed by atoms with E-state index in [0.717, 1.165) is 17.1 Å². The van der Waals surface area contributed by atoms with Crippen molar-refractivity contribution in [2.24, 2.45) is 11.5 Å². The fourth-order valence-electron chi connectivity index (χ4n) is 1.04. The summed E-state index contributed by atoms with van der Waals surface area (Å²) in [5.74, 6) is -1.68. The van der Waals surface area contributed by atoms with Crippen LogP contribution in [0.1, 0.15) is 6.42 Å². The summed E-state index contributed by atoms with van der Waals surface area (Å²) >= 11 is 0. The maximum atomic E-state index is 11.0. The third kappa shape index (κ3) is 1.91. The monoisotopic (exact) mass is 183 g/mol. The average molecular weight is 183 g/mol. The van der Waals surface area contributed by atoms with Crippen LogP contribution in [0.4, 0.5) is 0 Å². The highest BCUT2D eigenvalue weighted by atomic mass is 16.2. The molecule has 1 heterocycles. The molecular weight excluding hydrogens is 174 g/mol. The van der Waals surface area contributed by atoms with Gasteiger partial charge < -0.3 is 11.5 Å². The van der Waals surface area contributed by atoms with Gasteiger partial charge in [-0.1, -0.05) is 0 Å². The van der Waals surface area contributed by atoms with Crippen molar-refractivity contribution < 1.29 is 14.4 Å². The molecule has 1 aliphatic heterocycles. The van der Waals surface area contributed by atoms with Crippen LogP contribution in [0.2, 0.25) is 0 Å². The molecule has 0 aromatic carbocycles. The van der Waals surface area contributed by atoms with Crippen LogP contribution in [0.15, 0.2) is 12.2 Å². The van der Waals surface area contributed by atoms with Crippen molar-refractivity contribution >= 4 is 17.7 Å². The van der Waals surface area contributed by atoms with Crippen LogP contribution in [0, 0.1) is 0 Å². The first kappa shape index (κ1) is 9.40.